The first-order chi connectivity index (χ1) is 9.54. The molecule has 1 unspecified atom stereocenters. The Labute approximate surface area is 130 Å². The Bertz CT molecular complexity index is 598. The van der Waals surface area contributed by atoms with Crippen molar-refractivity contribution in [2.75, 3.05) is 6.54 Å². The minimum atomic E-state index is -0.512. The number of nitrogens with one attached hydrogen (secondary N) is 1. The summed E-state index contributed by atoms with van der Waals surface area (Å²) in [6.45, 7) is 4.48. The van der Waals surface area contributed by atoms with Crippen LogP contribution in [0.2, 0.25) is 0 Å². The number of benzene rings is 1. The third-order valence-corrected chi connectivity index (χ3v) is 5.03. The van der Waals surface area contributed by atoms with Gasteiger partial charge in [-0.15, -0.1) is 11.3 Å². The second kappa shape index (κ2) is 6.78. The summed E-state index contributed by atoms with van der Waals surface area (Å²) in [4.78, 5) is 1.00. The largest absolute Gasteiger partial charge is 0.305 e. The van der Waals surface area contributed by atoms with Gasteiger partial charge in [0.2, 0.25) is 0 Å². The van der Waals surface area contributed by atoms with E-state index >= 15 is 0 Å². The molecule has 0 saturated heterocycles. The molecule has 1 N–H and O–H groups in total. The van der Waals surface area contributed by atoms with Gasteiger partial charge in [-0.1, -0.05) is 6.92 Å². The van der Waals surface area contributed by atoms with E-state index in [-0.39, 0.29) is 6.04 Å². The van der Waals surface area contributed by atoms with Crippen LogP contribution in [0.25, 0.3) is 0 Å². The fraction of sp³-hybridized carbons (Fsp3) is 0.333. The summed E-state index contributed by atoms with van der Waals surface area (Å²) in [5.74, 6) is -1.02. The number of aryl methyl sites for hydroxylation is 1. The first kappa shape index (κ1) is 15.6. The van der Waals surface area contributed by atoms with E-state index in [1.165, 1.54) is 0 Å². The second-order valence-corrected chi connectivity index (χ2v) is 6.44. The Hall–Kier alpha value is -0.780. The SMILES string of the molecule is CCCNC(c1cc(C)c(F)cc1F)c1sccc1Br. The molecule has 1 heterocycles. The van der Waals surface area contributed by atoms with Crippen molar-refractivity contribution in [3.8, 4) is 0 Å². The van der Waals surface area contributed by atoms with Gasteiger partial charge < -0.3 is 5.32 Å². The molecule has 0 radical (unpaired) electrons. The predicted octanol–water partition coefficient (Wildman–Crippen LogP) is 5.19. The lowest BCUT2D eigenvalue weighted by Gasteiger charge is -2.20. The van der Waals surface area contributed by atoms with E-state index in [9.17, 15) is 8.78 Å². The molecule has 0 aliphatic heterocycles. The minimum absolute atomic E-state index is 0.261. The number of hydrogen-bond acceptors (Lipinski definition) is 2. The number of rotatable bonds is 5. The molecule has 0 aliphatic rings. The molecule has 0 aliphatic carbocycles. The molecule has 0 bridgehead atoms. The number of thiophene rings is 1. The third kappa shape index (κ3) is 3.27. The van der Waals surface area contributed by atoms with Crippen LogP contribution in [0.5, 0.6) is 0 Å². The lowest BCUT2D eigenvalue weighted by atomic mass is 10.0. The van der Waals surface area contributed by atoms with Gasteiger partial charge in [0.05, 0.1) is 6.04 Å². The number of hydrogen-bond donors (Lipinski definition) is 1. The molecule has 1 aromatic heterocycles. The van der Waals surface area contributed by atoms with Crippen LogP contribution in [0, 0.1) is 18.6 Å². The van der Waals surface area contributed by atoms with E-state index in [1.807, 2.05) is 11.4 Å². The van der Waals surface area contributed by atoms with Gasteiger partial charge >= 0.3 is 0 Å². The van der Waals surface area contributed by atoms with E-state index in [4.69, 9.17) is 0 Å². The first-order valence-electron chi connectivity index (χ1n) is 6.46. The summed E-state index contributed by atoms with van der Waals surface area (Å²) >= 11 is 5.04. The molecular formula is C15H16BrF2NS. The van der Waals surface area contributed by atoms with E-state index in [1.54, 1.807) is 24.3 Å². The fourth-order valence-corrected chi connectivity index (χ4v) is 3.74. The third-order valence-electron chi connectivity index (χ3n) is 3.09. The topological polar surface area (TPSA) is 12.0 Å². The Morgan fingerprint density at radius 3 is 2.65 bits per heavy atom. The summed E-state index contributed by atoms with van der Waals surface area (Å²) < 4.78 is 28.5. The van der Waals surface area contributed by atoms with Crippen LogP contribution in [0.3, 0.4) is 0 Å². The summed E-state index contributed by atoms with van der Waals surface area (Å²) in [6, 6.07) is 4.23. The lowest BCUT2D eigenvalue weighted by molar-refractivity contribution is 0.532. The molecule has 0 amide bonds. The smallest absolute Gasteiger partial charge is 0.131 e. The van der Waals surface area contributed by atoms with Crippen LogP contribution in [-0.2, 0) is 0 Å². The van der Waals surface area contributed by atoms with Crippen molar-refractivity contribution >= 4 is 27.3 Å². The molecule has 1 nitrogen and oxygen atoms in total. The van der Waals surface area contributed by atoms with Gasteiger partial charge in [0.15, 0.2) is 0 Å². The highest BCUT2D eigenvalue weighted by molar-refractivity contribution is 9.10. The van der Waals surface area contributed by atoms with Crippen molar-refractivity contribution < 1.29 is 8.78 Å². The molecular weight excluding hydrogens is 344 g/mol. The minimum Gasteiger partial charge on any atom is -0.305 e. The van der Waals surface area contributed by atoms with Gasteiger partial charge in [-0.2, -0.15) is 0 Å². The molecule has 0 spiro atoms. The molecule has 108 valence electrons. The Balaban J connectivity index is 2.46. The van der Waals surface area contributed by atoms with E-state index in [0.717, 1.165) is 28.4 Å². The fourth-order valence-electron chi connectivity index (χ4n) is 2.04. The molecule has 2 rings (SSSR count). The molecule has 1 aromatic carbocycles. The summed E-state index contributed by atoms with van der Waals surface area (Å²) in [7, 11) is 0. The van der Waals surface area contributed by atoms with Crippen LogP contribution in [0.15, 0.2) is 28.1 Å². The van der Waals surface area contributed by atoms with Crippen molar-refractivity contribution in [1.29, 1.82) is 0 Å². The average molecular weight is 360 g/mol. The van der Waals surface area contributed by atoms with Crippen LogP contribution in [-0.4, -0.2) is 6.54 Å². The highest BCUT2D eigenvalue weighted by Gasteiger charge is 2.22. The van der Waals surface area contributed by atoms with Gasteiger partial charge in [-0.25, -0.2) is 8.78 Å². The molecule has 0 fully saturated rings. The average Bonchev–Trinajstić information content (AvgIpc) is 2.82. The molecule has 1 atom stereocenters. The molecule has 5 heteroatoms. The van der Waals surface area contributed by atoms with Crippen LogP contribution in [0.1, 0.15) is 35.4 Å². The van der Waals surface area contributed by atoms with E-state index < -0.39 is 11.6 Å². The van der Waals surface area contributed by atoms with Gasteiger partial charge in [-0.05, 0) is 58.9 Å². The second-order valence-electron chi connectivity index (χ2n) is 4.64. The van der Waals surface area contributed by atoms with Crippen LogP contribution < -0.4 is 5.32 Å². The van der Waals surface area contributed by atoms with E-state index in [0.29, 0.717) is 11.1 Å². The first-order valence-corrected chi connectivity index (χ1v) is 8.13. The Morgan fingerprint density at radius 1 is 1.30 bits per heavy atom. The van der Waals surface area contributed by atoms with Gasteiger partial charge in [0.1, 0.15) is 11.6 Å². The maximum Gasteiger partial charge on any atom is 0.131 e. The molecule has 2 aromatic rings. The van der Waals surface area contributed by atoms with Crippen molar-refractivity contribution in [2.45, 2.75) is 26.3 Å². The molecule has 20 heavy (non-hydrogen) atoms. The zero-order valence-electron chi connectivity index (χ0n) is 11.3. The quantitative estimate of drug-likeness (QED) is 0.774. The maximum atomic E-state index is 14.1. The van der Waals surface area contributed by atoms with Crippen molar-refractivity contribution in [3.05, 3.63) is 55.7 Å². The Morgan fingerprint density at radius 2 is 2.05 bits per heavy atom. The van der Waals surface area contributed by atoms with Crippen LogP contribution >= 0.6 is 27.3 Å². The normalized spacial score (nSPS) is 12.7. The summed E-state index contributed by atoms with van der Waals surface area (Å²) in [5.41, 5.74) is 0.942. The highest BCUT2D eigenvalue weighted by atomic mass is 79.9. The zero-order chi connectivity index (χ0) is 14.7. The van der Waals surface area contributed by atoms with Crippen LogP contribution in [0.4, 0.5) is 8.78 Å². The maximum absolute atomic E-state index is 14.1. The summed E-state index contributed by atoms with van der Waals surface area (Å²) in [6.07, 6.45) is 0.946. The monoisotopic (exact) mass is 359 g/mol. The van der Waals surface area contributed by atoms with Crippen molar-refractivity contribution in [3.63, 3.8) is 0 Å². The standard InChI is InChI=1S/C15H16BrF2NS/c1-3-5-19-14(15-11(16)4-6-20-15)10-7-9(2)12(17)8-13(10)18/h4,6-8,14,19H,3,5H2,1-2H3. The van der Waals surface area contributed by atoms with Crippen molar-refractivity contribution in [1.82, 2.24) is 5.32 Å². The zero-order valence-corrected chi connectivity index (χ0v) is 13.7. The Kier molecular flexibility index (Phi) is 5.29. The number of halogens is 3. The van der Waals surface area contributed by atoms with Crippen molar-refractivity contribution in [2.24, 2.45) is 0 Å². The summed E-state index contributed by atoms with van der Waals surface area (Å²) in [5, 5.41) is 5.29. The molecule has 0 saturated carbocycles. The predicted molar refractivity (Wildman–Crippen MR) is 83.3 cm³/mol. The van der Waals surface area contributed by atoms with Gasteiger partial charge in [0, 0.05) is 21.0 Å². The highest BCUT2D eigenvalue weighted by Crippen LogP contribution is 2.35. The van der Waals surface area contributed by atoms with Gasteiger partial charge in [-0.3, -0.25) is 0 Å². The lowest BCUT2D eigenvalue weighted by Crippen LogP contribution is -2.24. The van der Waals surface area contributed by atoms with E-state index in [2.05, 4.69) is 28.2 Å². The van der Waals surface area contributed by atoms with Gasteiger partial charge in [0.25, 0.3) is 0 Å².